The zero-order valence-corrected chi connectivity index (χ0v) is 6.03. The van der Waals surface area contributed by atoms with E-state index in [2.05, 4.69) is 0 Å². The maximum absolute atomic E-state index is 9.33. The van der Waals surface area contributed by atoms with Crippen LogP contribution in [0, 0.1) is 0 Å². The zero-order valence-electron chi connectivity index (χ0n) is 6.03. The fourth-order valence-corrected chi connectivity index (χ4v) is 2.18. The van der Waals surface area contributed by atoms with Crippen molar-refractivity contribution in [2.24, 2.45) is 0 Å². The Bertz CT molecular complexity index is 128. The summed E-state index contributed by atoms with van der Waals surface area (Å²) in [6, 6.07) is 0.933. The van der Waals surface area contributed by atoms with Crippen molar-refractivity contribution < 1.29 is 5.11 Å². The quantitative estimate of drug-likeness (QED) is 0.477. The van der Waals surface area contributed by atoms with Crippen LogP contribution in [-0.2, 0) is 0 Å². The van der Waals surface area contributed by atoms with E-state index in [-0.39, 0.29) is 6.10 Å². The highest BCUT2D eigenvalue weighted by molar-refractivity contribution is 6.05. The van der Waals surface area contributed by atoms with Gasteiger partial charge in [0.1, 0.15) is 0 Å². The number of piperidine rings is 1. The summed E-state index contributed by atoms with van der Waals surface area (Å²) in [5, 5.41) is 9.33. The van der Waals surface area contributed by atoms with Crippen molar-refractivity contribution in [1.82, 2.24) is 4.81 Å². The first-order valence-corrected chi connectivity index (χ1v) is 3.98. The highest BCUT2D eigenvalue weighted by Gasteiger charge is 2.36. The zero-order chi connectivity index (χ0) is 7.14. The second-order valence-corrected chi connectivity index (χ2v) is 3.46. The van der Waals surface area contributed by atoms with Crippen LogP contribution in [0.4, 0.5) is 0 Å². The van der Waals surface area contributed by atoms with E-state index in [1.54, 1.807) is 0 Å². The van der Waals surface area contributed by atoms with Crippen molar-refractivity contribution >= 4 is 7.98 Å². The van der Waals surface area contributed by atoms with Gasteiger partial charge in [0.2, 0.25) is 0 Å². The maximum Gasteiger partial charge on any atom is 0.183 e. The summed E-state index contributed by atoms with van der Waals surface area (Å²) in [5.74, 6) is 0. The lowest BCUT2D eigenvalue weighted by molar-refractivity contribution is 0.0777. The molecular weight excluding hydrogens is 125 g/mol. The Morgan fingerprint density at radius 1 is 1.20 bits per heavy atom. The van der Waals surface area contributed by atoms with Crippen molar-refractivity contribution in [3.63, 3.8) is 0 Å². The molecule has 0 amide bonds. The van der Waals surface area contributed by atoms with Gasteiger partial charge in [0.15, 0.2) is 7.98 Å². The van der Waals surface area contributed by atoms with Gasteiger partial charge in [-0.15, -0.1) is 0 Å². The number of rotatable bonds is 0. The van der Waals surface area contributed by atoms with E-state index in [9.17, 15) is 5.11 Å². The summed E-state index contributed by atoms with van der Waals surface area (Å²) in [4.78, 5) is 1.94. The molecule has 0 aromatic carbocycles. The molecule has 2 nitrogen and oxygen atoms in total. The van der Waals surface area contributed by atoms with E-state index < -0.39 is 0 Å². The Morgan fingerprint density at radius 3 is 2.20 bits per heavy atom. The van der Waals surface area contributed by atoms with E-state index in [1.807, 2.05) is 4.81 Å². The maximum atomic E-state index is 9.33. The smallest absolute Gasteiger partial charge is 0.183 e. The van der Waals surface area contributed by atoms with Gasteiger partial charge >= 0.3 is 0 Å². The molecule has 2 aliphatic heterocycles. The van der Waals surface area contributed by atoms with Crippen LogP contribution in [0.15, 0.2) is 0 Å². The van der Waals surface area contributed by atoms with Crippen LogP contribution in [0.1, 0.15) is 25.7 Å². The van der Waals surface area contributed by atoms with Crippen molar-refractivity contribution in [3.8, 4) is 0 Å². The van der Waals surface area contributed by atoms with Crippen LogP contribution in [0.5, 0.6) is 0 Å². The molecule has 0 saturated carbocycles. The van der Waals surface area contributed by atoms with Gasteiger partial charge < -0.3 is 9.92 Å². The highest BCUT2D eigenvalue weighted by Crippen LogP contribution is 2.33. The predicted molar refractivity (Wildman–Crippen MR) is 39.6 cm³/mol. The molecule has 54 valence electrons. The fraction of sp³-hybridized carbons (Fsp3) is 1.00. The Morgan fingerprint density at radius 2 is 1.70 bits per heavy atom. The van der Waals surface area contributed by atoms with Gasteiger partial charge in [-0.25, -0.2) is 0 Å². The second-order valence-electron chi connectivity index (χ2n) is 3.46. The summed E-state index contributed by atoms with van der Waals surface area (Å²) in [5.41, 5.74) is 0. The van der Waals surface area contributed by atoms with E-state index in [0.717, 1.165) is 12.8 Å². The lowest BCUT2D eigenvalue weighted by Gasteiger charge is -2.34. The largest absolute Gasteiger partial charge is 0.393 e. The molecule has 2 heterocycles. The van der Waals surface area contributed by atoms with E-state index in [1.165, 1.54) is 12.8 Å². The standard InChI is InChI=1S/C7H12BNO/c8-9-5-1-2-6(9)4-7(10)3-5/h5-7,10H,1-4H2/t5-,6?,7?/m0/s1. The number of fused-ring (bicyclic) bond motifs is 2. The van der Waals surface area contributed by atoms with Crippen LogP contribution < -0.4 is 0 Å². The highest BCUT2D eigenvalue weighted by atomic mass is 16.3. The third-order valence-electron chi connectivity index (χ3n) is 2.76. The van der Waals surface area contributed by atoms with Gasteiger partial charge in [-0.3, -0.25) is 0 Å². The molecule has 2 saturated heterocycles. The van der Waals surface area contributed by atoms with Crippen molar-refractivity contribution in [2.45, 2.75) is 43.9 Å². The molecule has 2 bridgehead atoms. The Balaban J connectivity index is 2.09. The van der Waals surface area contributed by atoms with Gasteiger partial charge in [-0.1, -0.05) is 0 Å². The normalized spacial score (nSPS) is 47.9. The summed E-state index contributed by atoms with van der Waals surface area (Å²) >= 11 is 0. The summed E-state index contributed by atoms with van der Waals surface area (Å²) in [6.45, 7) is 0. The Labute approximate surface area is 62.6 Å². The van der Waals surface area contributed by atoms with Crippen LogP contribution in [0.2, 0.25) is 0 Å². The topological polar surface area (TPSA) is 23.5 Å². The first-order chi connectivity index (χ1) is 4.77. The third-order valence-corrected chi connectivity index (χ3v) is 2.76. The Kier molecular flexibility index (Phi) is 1.50. The lowest BCUT2D eigenvalue weighted by atomic mass is 9.97. The van der Waals surface area contributed by atoms with Crippen molar-refractivity contribution in [1.29, 1.82) is 0 Å². The van der Waals surface area contributed by atoms with Gasteiger partial charge in [-0.2, -0.15) is 0 Å². The number of aliphatic hydroxyl groups is 1. The summed E-state index contributed by atoms with van der Waals surface area (Å²) < 4.78 is 0. The molecule has 0 aliphatic carbocycles. The van der Waals surface area contributed by atoms with E-state index >= 15 is 0 Å². The minimum Gasteiger partial charge on any atom is -0.393 e. The molecule has 2 radical (unpaired) electrons. The van der Waals surface area contributed by atoms with Gasteiger partial charge in [0.05, 0.1) is 6.10 Å². The molecule has 3 heteroatoms. The average Bonchev–Trinajstić information content (AvgIpc) is 2.20. The van der Waals surface area contributed by atoms with Crippen LogP contribution >= 0.6 is 0 Å². The van der Waals surface area contributed by atoms with Crippen molar-refractivity contribution in [2.75, 3.05) is 0 Å². The molecule has 1 N–H and O–H groups in total. The average molecular weight is 137 g/mol. The van der Waals surface area contributed by atoms with Crippen LogP contribution in [0.3, 0.4) is 0 Å². The summed E-state index contributed by atoms with van der Waals surface area (Å²) in [6.07, 6.45) is 4.04. The number of hydrogen-bond donors (Lipinski definition) is 1. The lowest BCUT2D eigenvalue weighted by Crippen LogP contribution is -2.42. The molecule has 2 aliphatic rings. The molecular formula is C7H12BNO. The number of nitrogens with zero attached hydrogens (tertiary/aromatic N) is 1. The van der Waals surface area contributed by atoms with Crippen LogP contribution in [0.25, 0.3) is 0 Å². The molecule has 0 aromatic heterocycles. The molecule has 2 fully saturated rings. The molecule has 0 aromatic rings. The third kappa shape index (κ3) is 0.885. The molecule has 0 spiro atoms. The number of aliphatic hydroxyl groups excluding tert-OH is 1. The molecule has 3 atom stereocenters. The minimum absolute atomic E-state index is 0.0858. The van der Waals surface area contributed by atoms with Gasteiger partial charge in [0, 0.05) is 12.1 Å². The minimum atomic E-state index is -0.0858. The predicted octanol–water partition coefficient (Wildman–Crippen LogP) is 0.0576. The van der Waals surface area contributed by atoms with Gasteiger partial charge in [0.25, 0.3) is 0 Å². The molecule has 10 heavy (non-hydrogen) atoms. The van der Waals surface area contributed by atoms with E-state index in [4.69, 9.17) is 7.98 Å². The van der Waals surface area contributed by atoms with Crippen LogP contribution in [-0.4, -0.2) is 36.1 Å². The summed E-state index contributed by atoms with van der Waals surface area (Å²) in [7, 11) is 5.77. The monoisotopic (exact) mass is 137 g/mol. The van der Waals surface area contributed by atoms with Gasteiger partial charge in [-0.05, 0) is 25.7 Å². The van der Waals surface area contributed by atoms with E-state index in [0.29, 0.717) is 12.1 Å². The second kappa shape index (κ2) is 2.24. The molecule has 2 unspecified atom stereocenters. The van der Waals surface area contributed by atoms with Crippen molar-refractivity contribution in [3.05, 3.63) is 0 Å². The Hall–Kier alpha value is -0.0151. The SMILES string of the molecule is [B]N1C2CC[C@H]1CC(O)C2. The first kappa shape index (κ1) is 6.68. The first-order valence-electron chi connectivity index (χ1n) is 3.98. The molecule has 2 rings (SSSR count). The fourth-order valence-electron chi connectivity index (χ4n) is 2.18. The number of hydrogen-bond acceptors (Lipinski definition) is 2.